The lowest BCUT2D eigenvalue weighted by molar-refractivity contribution is -0.274. The maximum atomic E-state index is 12.6. The number of benzene rings is 1. The second kappa shape index (κ2) is 8.50. The molecule has 0 aliphatic carbocycles. The first-order chi connectivity index (χ1) is 15.8. The molecule has 1 fully saturated rings. The molecule has 1 aromatic carbocycles. The van der Waals surface area contributed by atoms with Gasteiger partial charge in [-0.2, -0.15) is 9.36 Å². The van der Waals surface area contributed by atoms with Crippen LogP contribution in [0.2, 0.25) is 0 Å². The molecule has 0 amide bonds. The van der Waals surface area contributed by atoms with Gasteiger partial charge in [0.25, 0.3) is 0 Å². The molecule has 0 saturated carbocycles. The molecule has 0 bridgehead atoms. The van der Waals surface area contributed by atoms with Crippen LogP contribution >= 0.6 is 11.5 Å². The number of nitrogens with one attached hydrogen (secondary N) is 1. The molecule has 0 atom stereocenters. The molecule has 1 saturated heterocycles. The van der Waals surface area contributed by atoms with Crippen LogP contribution in [-0.2, 0) is 0 Å². The van der Waals surface area contributed by atoms with Crippen LogP contribution in [0, 0.1) is 6.92 Å². The number of fused-ring (bicyclic) bond motifs is 1. The molecule has 172 valence electrons. The molecule has 4 aromatic rings. The Morgan fingerprint density at radius 1 is 1.12 bits per heavy atom. The van der Waals surface area contributed by atoms with Gasteiger partial charge in [-0.25, -0.2) is 9.50 Å². The van der Waals surface area contributed by atoms with Crippen LogP contribution in [0.15, 0.2) is 42.6 Å². The van der Waals surface area contributed by atoms with E-state index in [4.69, 9.17) is 0 Å². The Morgan fingerprint density at radius 2 is 1.94 bits per heavy atom. The van der Waals surface area contributed by atoms with Crippen LogP contribution in [0.5, 0.6) is 5.75 Å². The van der Waals surface area contributed by atoms with Crippen LogP contribution in [0.4, 0.5) is 24.3 Å². The molecule has 8 nitrogen and oxygen atoms in total. The molecular formula is C21H20F3N7OS. The average molecular weight is 476 g/mol. The molecule has 4 heterocycles. The summed E-state index contributed by atoms with van der Waals surface area (Å²) in [6.45, 7) is 3.60. The van der Waals surface area contributed by atoms with Gasteiger partial charge in [-0.15, -0.1) is 18.3 Å². The van der Waals surface area contributed by atoms with Crippen LogP contribution < -0.4 is 15.0 Å². The first-order valence-electron chi connectivity index (χ1n) is 10.4. The van der Waals surface area contributed by atoms with E-state index in [9.17, 15) is 13.2 Å². The highest BCUT2D eigenvalue weighted by molar-refractivity contribution is 7.09. The number of anilines is 2. The minimum absolute atomic E-state index is 0.208. The Balaban J connectivity index is 1.32. The van der Waals surface area contributed by atoms with Crippen molar-refractivity contribution in [1.82, 2.24) is 24.0 Å². The summed E-state index contributed by atoms with van der Waals surface area (Å²) in [5, 5.41) is 8.84. The van der Waals surface area contributed by atoms with E-state index in [1.165, 1.54) is 29.7 Å². The lowest BCUT2D eigenvalue weighted by Crippen LogP contribution is -2.39. The minimum Gasteiger partial charge on any atom is -0.406 e. The third kappa shape index (κ3) is 4.85. The van der Waals surface area contributed by atoms with Gasteiger partial charge in [0.1, 0.15) is 11.6 Å². The fourth-order valence-corrected chi connectivity index (χ4v) is 4.59. The molecule has 33 heavy (non-hydrogen) atoms. The molecule has 1 N–H and O–H groups in total. The minimum atomic E-state index is -4.75. The number of aryl methyl sites for hydroxylation is 1. The molecule has 12 heteroatoms. The number of alkyl halides is 3. The second-order valence-corrected chi connectivity index (χ2v) is 8.46. The van der Waals surface area contributed by atoms with Gasteiger partial charge < -0.3 is 15.0 Å². The molecular weight excluding hydrogens is 455 g/mol. The largest absolute Gasteiger partial charge is 0.573 e. The third-order valence-corrected chi connectivity index (χ3v) is 6.22. The van der Waals surface area contributed by atoms with Crippen LogP contribution in [0.1, 0.15) is 18.7 Å². The summed E-state index contributed by atoms with van der Waals surface area (Å²) in [6, 6.07) is 9.62. The van der Waals surface area contributed by atoms with Gasteiger partial charge in [0.15, 0.2) is 5.65 Å². The summed E-state index contributed by atoms with van der Waals surface area (Å²) in [4.78, 5) is 11.3. The van der Waals surface area contributed by atoms with Crippen molar-refractivity contribution >= 4 is 28.3 Å². The first-order valence-corrected chi connectivity index (χ1v) is 11.1. The van der Waals surface area contributed by atoms with Gasteiger partial charge in [-0.05, 0) is 49.6 Å². The van der Waals surface area contributed by atoms with Gasteiger partial charge >= 0.3 is 6.36 Å². The molecule has 0 unspecified atom stereocenters. The summed E-state index contributed by atoms with van der Waals surface area (Å²) in [5.74, 6) is 0.989. The zero-order chi connectivity index (χ0) is 23.0. The number of aromatic nitrogens is 5. The van der Waals surface area contributed by atoms with E-state index in [2.05, 4.69) is 34.4 Å². The smallest absolute Gasteiger partial charge is 0.406 e. The topological polar surface area (TPSA) is 80.5 Å². The third-order valence-electron chi connectivity index (χ3n) is 5.36. The Labute approximate surface area is 191 Å². The molecule has 1 aliphatic heterocycles. The SMILES string of the molecule is Cc1nsc(N2CCC(Nc3nc4c(-c5cccc(OC(F)(F)F)c5)cccn4n3)CC2)n1. The Hall–Kier alpha value is -3.41. The second-order valence-electron chi connectivity index (χ2n) is 7.73. The highest BCUT2D eigenvalue weighted by Gasteiger charge is 2.31. The number of hydrogen-bond acceptors (Lipinski definition) is 8. The van der Waals surface area contributed by atoms with E-state index < -0.39 is 6.36 Å². The van der Waals surface area contributed by atoms with Crippen molar-refractivity contribution in [1.29, 1.82) is 0 Å². The van der Waals surface area contributed by atoms with E-state index in [1.54, 1.807) is 28.9 Å². The van der Waals surface area contributed by atoms with Crippen molar-refractivity contribution in [2.24, 2.45) is 0 Å². The van der Waals surface area contributed by atoms with Crippen molar-refractivity contribution in [3.63, 3.8) is 0 Å². The summed E-state index contributed by atoms with van der Waals surface area (Å²) in [7, 11) is 0. The Morgan fingerprint density at radius 3 is 2.67 bits per heavy atom. The molecule has 3 aromatic heterocycles. The molecule has 0 spiro atoms. The zero-order valence-electron chi connectivity index (χ0n) is 17.6. The zero-order valence-corrected chi connectivity index (χ0v) is 18.4. The lowest BCUT2D eigenvalue weighted by Gasteiger charge is -2.31. The predicted molar refractivity (Wildman–Crippen MR) is 119 cm³/mol. The summed E-state index contributed by atoms with van der Waals surface area (Å²) in [5.41, 5.74) is 1.76. The van der Waals surface area contributed by atoms with Gasteiger partial charge in [-0.1, -0.05) is 12.1 Å². The fraction of sp³-hybridized carbons (Fsp3) is 0.333. The number of nitrogens with zero attached hydrogens (tertiary/aromatic N) is 6. The van der Waals surface area contributed by atoms with Crippen molar-refractivity contribution in [2.75, 3.05) is 23.3 Å². The monoisotopic (exact) mass is 475 g/mol. The maximum absolute atomic E-state index is 12.6. The number of pyridine rings is 1. The number of ether oxygens (including phenoxy) is 1. The Kier molecular flexibility index (Phi) is 5.52. The summed E-state index contributed by atoms with van der Waals surface area (Å²) in [6.07, 6.45) is -1.19. The van der Waals surface area contributed by atoms with E-state index in [0.717, 1.165) is 36.9 Å². The Bertz CT molecular complexity index is 1260. The standard InChI is InChI=1S/C21H20F3N7OS/c1-13-25-20(33-29-13)30-10-7-15(8-11-30)26-19-27-18-17(6-3-9-31(18)28-19)14-4-2-5-16(12-14)32-21(22,23)24/h2-6,9,12,15H,7-8,10-11H2,1H3,(H,26,28). The molecule has 5 rings (SSSR count). The fourth-order valence-electron chi connectivity index (χ4n) is 3.87. The van der Waals surface area contributed by atoms with Gasteiger partial charge in [0, 0.05) is 42.4 Å². The van der Waals surface area contributed by atoms with E-state index >= 15 is 0 Å². The number of rotatable bonds is 5. The highest BCUT2D eigenvalue weighted by Crippen LogP contribution is 2.30. The predicted octanol–water partition coefficient (Wildman–Crippen LogP) is 4.54. The van der Waals surface area contributed by atoms with Gasteiger partial charge in [0.2, 0.25) is 11.1 Å². The van der Waals surface area contributed by atoms with Crippen molar-refractivity contribution in [3.05, 3.63) is 48.4 Å². The molecule has 0 radical (unpaired) electrons. The van der Waals surface area contributed by atoms with Crippen molar-refractivity contribution < 1.29 is 17.9 Å². The number of halogens is 3. The van der Waals surface area contributed by atoms with E-state index in [-0.39, 0.29) is 11.8 Å². The van der Waals surface area contributed by atoms with Crippen molar-refractivity contribution in [3.8, 4) is 16.9 Å². The van der Waals surface area contributed by atoms with Crippen molar-refractivity contribution in [2.45, 2.75) is 32.2 Å². The maximum Gasteiger partial charge on any atom is 0.573 e. The lowest BCUT2D eigenvalue weighted by atomic mass is 10.1. The first kappa shape index (κ1) is 21.4. The number of piperidine rings is 1. The summed E-state index contributed by atoms with van der Waals surface area (Å²) >= 11 is 1.41. The van der Waals surface area contributed by atoms with Crippen LogP contribution in [-0.4, -0.2) is 49.4 Å². The normalized spacial score (nSPS) is 15.2. The highest BCUT2D eigenvalue weighted by atomic mass is 32.1. The molecule has 1 aliphatic rings. The van der Waals surface area contributed by atoms with Crippen LogP contribution in [0.25, 0.3) is 16.8 Å². The van der Waals surface area contributed by atoms with E-state index in [1.807, 2.05) is 6.92 Å². The van der Waals surface area contributed by atoms with Gasteiger partial charge in [-0.3, -0.25) is 0 Å². The quantitative estimate of drug-likeness (QED) is 0.454. The number of hydrogen-bond donors (Lipinski definition) is 1. The average Bonchev–Trinajstić information content (AvgIpc) is 3.39. The summed E-state index contributed by atoms with van der Waals surface area (Å²) < 4.78 is 47.8. The van der Waals surface area contributed by atoms with E-state index in [0.29, 0.717) is 22.7 Å². The van der Waals surface area contributed by atoms with Crippen LogP contribution in [0.3, 0.4) is 0 Å². The van der Waals surface area contributed by atoms with Gasteiger partial charge in [0.05, 0.1) is 0 Å².